The fourth-order valence-electron chi connectivity index (χ4n) is 3.72. The van der Waals surface area contributed by atoms with Crippen LogP contribution >= 0.6 is 0 Å². The zero-order valence-corrected chi connectivity index (χ0v) is 15.4. The zero-order valence-electron chi connectivity index (χ0n) is 14.6. The molecule has 1 fully saturated rings. The van der Waals surface area contributed by atoms with Crippen LogP contribution < -0.4 is 5.73 Å². The molecule has 136 valence electrons. The molecule has 2 N–H and O–H groups in total. The Morgan fingerprint density at radius 1 is 1.08 bits per heavy atom. The van der Waals surface area contributed by atoms with Crippen molar-refractivity contribution in [2.24, 2.45) is 0 Å². The average Bonchev–Trinajstić information content (AvgIpc) is 2.95. The third-order valence-corrected chi connectivity index (χ3v) is 6.82. The van der Waals surface area contributed by atoms with Crippen molar-refractivity contribution in [3.8, 4) is 0 Å². The van der Waals surface area contributed by atoms with Crippen molar-refractivity contribution in [1.29, 1.82) is 0 Å². The van der Waals surface area contributed by atoms with Crippen molar-refractivity contribution < 1.29 is 8.42 Å². The van der Waals surface area contributed by atoms with Crippen molar-refractivity contribution in [1.82, 2.24) is 19.5 Å². The van der Waals surface area contributed by atoms with Crippen LogP contribution in [0, 0.1) is 6.92 Å². The second-order valence-corrected chi connectivity index (χ2v) is 8.63. The number of rotatable bonds is 3. The van der Waals surface area contributed by atoms with Gasteiger partial charge in [-0.15, -0.1) is 0 Å². The molecule has 3 aromatic rings. The van der Waals surface area contributed by atoms with Gasteiger partial charge in [0.25, 0.3) is 0 Å². The van der Waals surface area contributed by atoms with Gasteiger partial charge in [0, 0.05) is 30.3 Å². The highest BCUT2D eigenvalue weighted by molar-refractivity contribution is 7.91. The molecular formula is C18H21N5O2S. The number of pyridine rings is 1. The number of aromatic nitrogens is 4. The summed E-state index contributed by atoms with van der Waals surface area (Å²) in [5, 5.41) is 0. The molecule has 0 spiro atoms. The van der Waals surface area contributed by atoms with Gasteiger partial charge in [-0.25, -0.2) is 18.4 Å². The van der Waals surface area contributed by atoms with Gasteiger partial charge >= 0.3 is 0 Å². The molecule has 1 saturated carbocycles. The number of anilines is 1. The van der Waals surface area contributed by atoms with Gasteiger partial charge in [-0.3, -0.25) is 4.98 Å². The Balaban J connectivity index is 1.95. The molecule has 0 saturated heterocycles. The summed E-state index contributed by atoms with van der Waals surface area (Å²) in [4.78, 5) is 13.0. The first kappa shape index (κ1) is 17.0. The van der Waals surface area contributed by atoms with Gasteiger partial charge in [-0.2, -0.15) is 0 Å². The molecule has 3 heterocycles. The van der Waals surface area contributed by atoms with Crippen molar-refractivity contribution in [3.63, 3.8) is 0 Å². The Bertz CT molecular complexity index is 1050. The first-order chi connectivity index (χ1) is 12.5. The first-order valence-corrected chi connectivity index (χ1v) is 10.3. The number of sulfone groups is 1. The predicted octanol–water partition coefficient (Wildman–Crippen LogP) is 3.05. The van der Waals surface area contributed by atoms with E-state index in [1.165, 1.54) is 18.8 Å². The van der Waals surface area contributed by atoms with Crippen LogP contribution in [-0.2, 0) is 9.84 Å². The van der Waals surface area contributed by atoms with E-state index in [0.29, 0.717) is 11.2 Å². The summed E-state index contributed by atoms with van der Waals surface area (Å²) in [5.74, 6) is 0.221. The minimum absolute atomic E-state index is 0.0387. The number of hydrogen-bond donors (Lipinski definition) is 1. The number of aryl methyl sites for hydroxylation is 1. The lowest BCUT2D eigenvalue weighted by molar-refractivity contribution is 0.362. The fraction of sp³-hybridized carbons (Fsp3) is 0.389. The van der Waals surface area contributed by atoms with Crippen molar-refractivity contribution in [2.45, 2.75) is 54.9 Å². The van der Waals surface area contributed by atoms with E-state index in [1.807, 2.05) is 11.5 Å². The van der Waals surface area contributed by atoms with E-state index in [2.05, 4.69) is 15.0 Å². The van der Waals surface area contributed by atoms with E-state index in [1.54, 1.807) is 18.3 Å². The summed E-state index contributed by atoms with van der Waals surface area (Å²) in [6, 6.07) is 3.38. The van der Waals surface area contributed by atoms with Crippen LogP contribution in [0.2, 0.25) is 0 Å². The highest BCUT2D eigenvalue weighted by Gasteiger charge is 2.32. The van der Waals surface area contributed by atoms with E-state index < -0.39 is 9.84 Å². The van der Waals surface area contributed by atoms with E-state index in [4.69, 9.17) is 5.73 Å². The molecule has 7 nitrogen and oxygen atoms in total. The molecule has 0 radical (unpaired) electrons. The lowest BCUT2D eigenvalue weighted by Gasteiger charge is -2.24. The summed E-state index contributed by atoms with van der Waals surface area (Å²) < 4.78 is 28.4. The maximum Gasteiger partial charge on any atom is 0.213 e. The number of nitrogens with two attached hydrogens (primary N) is 1. The van der Waals surface area contributed by atoms with Crippen LogP contribution in [0.5, 0.6) is 0 Å². The zero-order chi connectivity index (χ0) is 18.3. The molecule has 0 amide bonds. The smallest absolute Gasteiger partial charge is 0.213 e. The van der Waals surface area contributed by atoms with Gasteiger partial charge in [0.15, 0.2) is 5.65 Å². The molecule has 0 bridgehead atoms. The van der Waals surface area contributed by atoms with Gasteiger partial charge in [-0.05, 0) is 31.9 Å². The Hall–Kier alpha value is -2.48. The van der Waals surface area contributed by atoms with Crippen molar-refractivity contribution in [2.75, 3.05) is 5.73 Å². The molecule has 26 heavy (non-hydrogen) atoms. The molecule has 0 aromatic carbocycles. The number of hydrogen-bond acceptors (Lipinski definition) is 6. The molecule has 0 unspecified atom stereocenters. The summed E-state index contributed by atoms with van der Waals surface area (Å²) >= 11 is 0. The molecule has 0 atom stereocenters. The largest absolute Gasteiger partial charge is 0.384 e. The topological polar surface area (TPSA) is 104 Å². The first-order valence-electron chi connectivity index (χ1n) is 8.78. The van der Waals surface area contributed by atoms with Crippen LogP contribution in [-0.4, -0.2) is 27.9 Å². The maximum absolute atomic E-state index is 13.3. The highest BCUT2D eigenvalue weighted by atomic mass is 32.2. The predicted molar refractivity (Wildman–Crippen MR) is 98.5 cm³/mol. The van der Waals surface area contributed by atoms with Crippen LogP contribution in [0.3, 0.4) is 0 Å². The van der Waals surface area contributed by atoms with E-state index >= 15 is 0 Å². The SMILES string of the molecule is Cc1ccc(S(=O)(=O)c2c(N)n(C3CCCCC3)c3nccnc23)cn1. The Morgan fingerprint density at radius 3 is 2.50 bits per heavy atom. The lowest BCUT2D eigenvalue weighted by atomic mass is 9.95. The van der Waals surface area contributed by atoms with Gasteiger partial charge in [0.05, 0.1) is 4.90 Å². The minimum atomic E-state index is -3.84. The van der Waals surface area contributed by atoms with E-state index in [-0.39, 0.29) is 21.7 Å². The third kappa shape index (κ3) is 2.65. The second-order valence-electron chi connectivity index (χ2n) is 6.74. The standard InChI is InChI=1S/C18H21N5O2S/c1-12-7-8-14(11-22-12)26(24,25)16-15-18(21-10-9-20-15)23(17(16)19)13-5-3-2-4-6-13/h7-11,13H,2-6,19H2,1H3. The van der Waals surface area contributed by atoms with Crippen LogP contribution in [0.25, 0.3) is 11.2 Å². The Labute approximate surface area is 152 Å². The van der Waals surface area contributed by atoms with Crippen molar-refractivity contribution in [3.05, 3.63) is 36.4 Å². The van der Waals surface area contributed by atoms with Gasteiger partial charge in [-0.1, -0.05) is 19.3 Å². The molecule has 1 aliphatic carbocycles. The summed E-state index contributed by atoms with van der Waals surface area (Å²) in [6.45, 7) is 1.81. The van der Waals surface area contributed by atoms with Gasteiger partial charge in [0.2, 0.25) is 9.84 Å². The molecule has 4 rings (SSSR count). The van der Waals surface area contributed by atoms with Gasteiger partial charge in [0.1, 0.15) is 16.2 Å². The third-order valence-electron chi connectivity index (χ3n) is 5.02. The normalized spacial score (nSPS) is 16.2. The van der Waals surface area contributed by atoms with Crippen LogP contribution in [0.15, 0.2) is 40.5 Å². The Kier molecular flexibility index (Phi) is 4.14. The number of fused-ring (bicyclic) bond motifs is 1. The Morgan fingerprint density at radius 2 is 1.81 bits per heavy atom. The lowest BCUT2D eigenvalue weighted by Crippen LogP contribution is -2.16. The molecular weight excluding hydrogens is 350 g/mol. The van der Waals surface area contributed by atoms with E-state index in [0.717, 1.165) is 31.4 Å². The van der Waals surface area contributed by atoms with Crippen LogP contribution in [0.4, 0.5) is 5.82 Å². The average molecular weight is 371 g/mol. The minimum Gasteiger partial charge on any atom is -0.384 e. The maximum atomic E-state index is 13.3. The number of nitrogens with zero attached hydrogens (tertiary/aromatic N) is 4. The molecule has 8 heteroatoms. The highest BCUT2D eigenvalue weighted by Crippen LogP contribution is 2.39. The van der Waals surface area contributed by atoms with Crippen LogP contribution in [0.1, 0.15) is 43.8 Å². The fourth-order valence-corrected chi connectivity index (χ4v) is 5.16. The summed E-state index contributed by atoms with van der Waals surface area (Å²) in [5.41, 5.74) is 8.00. The molecule has 3 aromatic heterocycles. The summed E-state index contributed by atoms with van der Waals surface area (Å²) in [6.07, 6.45) is 9.78. The monoisotopic (exact) mass is 371 g/mol. The molecule has 0 aliphatic heterocycles. The summed E-state index contributed by atoms with van der Waals surface area (Å²) in [7, 11) is -3.84. The quantitative estimate of drug-likeness (QED) is 0.759. The van der Waals surface area contributed by atoms with Crippen molar-refractivity contribution >= 4 is 26.8 Å². The molecule has 1 aliphatic rings. The van der Waals surface area contributed by atoms with Gasteiger partial charge < -0.3 is 10.3 Å². The second kappa shape index (κ2) is 6.35. The van der Waals surface area contributed by atoms with E-state index in [9.17, 15) is 8.42 Å². The number of nitrogen functional groups attached to an aromatic ring is 1.